The van der Waals surface area contributed by atoms with E-state index in [4.69, 9.17) is 16.3 Å². The summed E-state index contributed by atoms with van der Waals surface area (Å²) in [6.07, 6.45) is 1.50. The van der Waals surface area contributed by atoms with Crippen LogP contribution >= 0.6 is 11.6 Å². The van der Waals surface area contributed by atoms with Crippen molar-refractivity contribution in [1.29, 1.82) is 0 Å². The van der Waals surface area contributed by atoms with Crippen molar-refractivity contribution in [1.82, 2.24) is 19.6 Å². The molecule has 2 amide bonds. The molecule has 0 radical (unpaired) electrons. The van der Waals surface area contributed by atoms with Crippen LogP contribution in [-0.4, -0.2) is 56.6 Å². The number of amides is 2. The molecule has 38 heavy (non-hydrogen) atoms. The molecule has 0 N–H and O–H groups in total. The average Bonchev–Trinajstić information content (AvgIpc) is 3.19. The van der Waals surface area contributed by atoms with Gasteiger partial charge in [-0.15, -0.1) is 0 Å². The molecule has 2 aromatic carbocycles. The lowest BCUT2D eigenvalue weighted by molar-refractivity contribution is -0.164. The highest BCUT2D eigenvalue weighted by Gasteiger charge is 2.50. The first-order valence-corrected chi connectivity index (χ1v) is 13.5. The molecule has 4 rings (SSSR count). The van der Waals surface area contributed by atoms with Gasteiger partial charge in [0.1, 0.15) is 5.54 Å². The van der Waals surface area contributed by atoms with Gasteiger partial charge in [0.2, 0.25) is 17.7 Å². The Morgan fingerprint density at radius 3 is 2.37 bits per heavy atom. The predicted octanol–water partition coefficient (Wildman–Crippen LogP) is 4.89. The van der Waals surface area contributed by atoms with Gasteiger partial charge in [-0.05, 0) is 57.4 Å². The molecule has 1 aliphatic heterocycles. The van der Waals surface area contributed by atoms with E-state index < -0.39 is 5.54 Å². The third kappa shape index (κ3) is 6.21. The second-order valence-electron chi connectivity index (χ2n) is 10.4. The zero-order chi connectivity index (χ0) is 27.4. The average molecular weight is 537 g/mol. The molecule has 1 saturated heterocycles. The van der Waals surface area contributed by atoms with Gasteiger partial charge in [0.25, 0.3) is 0 Å². The quantitative estimate of drug-likeness (QED) is 0.370. The summed E-state index contributed by atoms with van der Waals surface area (Å²) in [4.78, 5) is 31.0. The molecule has 1 aliphatic rings. The number of likely N-dealkylation sites (tertiary alicyclic amines) is 1. The Bertz CT molecular complexity index is 1280. The second-order valence-corrected chi connectivity index (χ2v) is 10.8. The number of carbonyl (C=O) groups excluding carboxylic acids is 2. The van der Waals surface area contributed by atoms with Crippen LogP contribution in [0.3, 0.4) is 0 Å². The third-order valence-corrected chi connectivity index (χ3v) is 7.46. The van der Waals surface area contributed by atoms with Gasteiger partial charge in [-0.1, -0.05) is 53.1 Å². The molecule has 0 aliphatic carbocycles. The molecule has 1 atom stereocenters. The number of halogens is 1. The molecule has 0 spiro atoms. The summed E-state index contributed by atoms with van der Waals surface area (Å²) in [5, 5.41) is 5.20. The number of aromatic nitrogens is 2. The molecule has 8 heteroatoms. The summed E-state index contributed by atoms with van der Waals surface area (Å²) in [5.74, 6) is 0.634. The maximum absolute atomic E-state index is 14.0. The molecule has 1 unspecified atom stereocenters. The Balaban J connectivity index is 1.52. The molecular weight excluding hydrogens is 500 g/mol. The minimum absolute atomic E-state index is 0.0189. The highest BCUT2D eigenvalue weighted by atomic mass is 35.5. The Hall–Kier alpha value is -3.32. The van der Waals surface area contributed by atoms with E-state index in [1.165, 1.54) is 0 Å². The topological polar surface area (TPSA) is 67.7 Å². The van der Waals surface area contributed by atoms with E-state index in [0.29, 0.717) is 50.0 Å². The van der Waals surface area contributed by atoms with Gasteiger partial charge in [-0.2, -0.15) is 5.10 Å². The molecular formula is C30H37ClN4O3. The van der Waals surface area contributed by atoms with E-state index in [9.17, 15) is 9.59 Å². The van der Waals surface area contributed by atoms with Crippen LogP contribution < -0.4 is 4.74 Å². The molecule has 2 heterocycles. The fourth-order valence-corrected chi connectivity index (χ4v) is 5.31. The molecule has 1 aromatic heterocycles. The summed E-state index contributed by atoms with van der Waals surface area (Å²) < 4.78 is 7.34. The van der Waals surface area contributed by atoms with E-state index in [0.717, 1.165) is 27.9 Å². The monoisotopic (exact) mass is 536 g/mol. The molecule has 3 aromatic rings. The fraction of sp³-hybridized carbons (Fsp3) is 0.433. The Kier molecular flexibility index (Phi) is 8.46. The van der Waals surface area contributed by atoms with Crippen LogP contribution in [0.5, 0.6) is 5.88 Å². The van der Waals surface area contributed by atoms with E-state index in [2.05, 4.69) is 11.2 Å². The van der Waals surface area contributed by atoms with Crippen molar-refractivity contribution in [3.05, 3.63) is 81.5 Å². The number of ether oxygens (including phenoxy) is 1. The van der Waals surface area contributed by atoms with Crippen molar-refractivity contribution in [2.75, 3.05) is 19.7 Å². The van der Waals surface area contributed by atoms with Crippen molar-refractivity contribution in [2.24, 2.45) is 7.05 Å². The van der Waals surface area contributed by atoms with E-state index >= 15 is 0 Å². The number of aryl methyl sites for hydroxylation is 3. The molecule has 0 bridgehead atoms. The molecule has 202 valence electrons. The van der Waals surface area contributed by atoms with E-state index in [-0.39, 0.29) is 18.2 Å². The van der Waals surface area contributed by atoms with Gasteiger partial charge in [0, 0.05) is 44.2 Å². The maximum atomic E-state index is 14.0. The second kappa shape index (κ2) is 11.6. The summed E-state index contributed by atoms with van der Waals surface area (Å²) in [6, 6.07) is 15.6. The van der Waals surface area contributed by atoms with Crippen LogP contribution in [-0.2, 0) is 36.0 Å². The summed E-state index contributed by atoms with van der Waals surface area (Å²) in [6.45, 7) is 9.93. The maximum Gasteiger partial charge on any atom is 0.248 e. The number of rotatable bonds is 10. The first-order valence-electron chi connectivity index (χ1n) is 13.2. The van der Waals surface area contributed by atoms with Crippen LogP contribution in [0.2, 0.25) is 5.02 Å². The van der Waals surface area contributed by atoms with Crippen LogP contribution in [0.1, 0.15) is 48.2 Å². The number of benzene rings is 2. The summed E-state index contributed by atoms with van der Waals surface area (Å²) in [7, 11) is 1.85. The number of nitrogens with zero attached hydrogens (tertiary/aromatic N) is 4. The summed E-state index contributed by atoms with van der Waals surface area (Å²) >= 11 is 6.09. The predicted molar refractivity (Wildman–Crippen MR) is 149 cm³/mol. The van der Waals surface area contributed by atoms with Crippen LogP contribution in [0.25, 0.3) is 0 Å². The molecule has 7 nitrogen and oxygen atoms in total. The lowest BCUT2D eigenvalue weighted by atomic mass is 9.84. The smallest absolute Gasteiger partial charge is 0.248 e. The normalized spacial score (nSPS) is 16.7. The van der Waals surface area contributed by atoms with E-state index in [1.807, 2.05) is 82.1 Å². The highest BCUT2D eigenvalue weighted by Crippen LogP contribution is 2.34. The van der Waals surface area contributed by atoms with Crippen molar-refractivity contribution >= 4 is 23.4 Å². The van der Waals surface area contributed by atoms with Gasteiger partial charge >= 0.3 is 0 Å². The lowest BCUT2D eigenvalue weighted by Crippen LogP contribution is -2.68. The van der Waals surface area contributed by atoms with Crippen molar-refractivity contribution in [3.63, 3.8) is 0 Å². The first-order chi connectivity index (χ1) is 18.1. The first kappa shape index (κ1) is 27.7. The van der Waals surface area contributed by atoms with E-state index in [1.54, 1.807) is 9.58 Å². The molecule has 1 fully saturated rings. The minimum Gasteiger partial charge on any atom is -0.478 e. The molecule has 0 saturated carbocycles. The minimum atomic E-state index is -0.872. The zero-order valence-electron chi connectivity index (χ0n) is 23.0. The van der Waals surface area contributed by atoms with Gasteiger partial charge in [0.05, 0.1) is 18.7 Å². The van der Waals surface area contributed by atoms with Crippen LogP contribution in [0.15, 0.2) is 48.5 Å². The van der Waals surface area contributed by atoms with Gasteiger partial charge in [-0.3, -0.25) is 9.59 Å². The van der Waals surface area contributed by atoms with Crippen LogP contribution in [0, 0.1) is 13.8 Å². The number of hydrogen-bond donors (Lipinski definition) is 0. The third-order valence-electron chi connectivity index (χ3n) is 7.21. The summed E-state index contributed by atoms with van der Waals surface area (Å²) in [5.41, 5.74) is 4.20. The Morgan fingerprint density at radius 2 is 1.76 bits per heavy atom. The SMILES string of the molecule is CCOc1cc(CCN(Cc2ccc(Cl)cc2)C(=O)C2(C)CCN2C(=O)Cc2cc(C)cc(C)c2)nn1C. The number of carbonyl (C=O) groups is 2. The van der Waals surface area contributed by atoms with Crippen molar-refractivity contribution < 1.29 is 14.3 Å². The van der Waals surface area contributed by atoms with Crippen LogP contribution in [0.4, 0.5) is 0 Å². The standard InChI is InChI=1S/C30H37ClN4O3/c1-6-38-28-19-26(32-33(28)5)11-13-34(20-23-7-9-25(31)10-8-23)29(37)30(4)12-14-35(30)27(36)18-24-16-21(2)15-22(3)17-24/h7-10,15-17,19H,6,11-14,18,20H2,1-5H3. The fourth-order valence-electron chi connectivity index (χ4n) is 5.19. The number of hydrogen-bond acceptors (Lipinski definition) is 4. The lowest BCUT2D eigenvalue weighted by Gasteiger charge is -2.51. The van der Waals surface area contributed by atoms with Gasteiger partial charge in [0.15, 0.2) is 0 Å². The zero-order valence-corrected chi connectivity index (χ0v) is 23.7. The van der Waals surface area contributed by atoms with Gasteiger partial charge < -0.3 is 14.5 Å². The largest absolute Gasteiger partial charge is 0.478 e. The highest BCUT2D eigenvalue weighted by molar-refractivity contribution is 6.30. The van der Waals surface area contributed by atoms with Gasteiger partial charge in [-0.25, -0.2) is 4.68 Å². The Labute approximate surface area is 230 Å². The Morgan fingerprint density at radius 1 is 1.08 bits per heavy atom. The van der Waals surface area contributed by atoms with Crippen molar-refractivity contribution in [3.8, 4) is 5.88 Å². The van der Waals surface area contributed by atoms with Crippen molar-refractivity contribution in [2.45, 2.75) is 59.0 Å².